The molecule has 56 valence electrons. The van der Waals surface area contributed by atoms with E-state index in [4.69, 9.17) is 9.84 Å². The monoisotopic (exact) mass is 132 g/mol. The molecule has 0 fully saturated rings. The van der Waals surface area contributed by atoms with Crippen molar-refractivity contribution in [2.24, 2.45) is 0 Å². The Kier molecular flexibility index (Phi) is 4.72. The quantitative estimate of drug-likeness (QED) is 0.622. The van der Waals surface area contributed by atoms with Crippen LogP contribution < -0.4 is 0 Å². The van der Waals surface area contributed by atoms with E-state index < -0.39 is 0 Å². The molecule has 0 aliphatic heterocycles. The highest BCUT2D eigenvalue weighted by atomic mass is 16.5. The van der Waals surface area contributed by atoms with Gasteiger partial charge in [0.25, 0.3) is 0 Å². The Balaban J connectivity index is 3.06. The predicted molar refractivity (Wildman–Crippen MR) is 37.4 cm³/mol. The molecule has 0 amide bonds. The molecule has 0 spiro atoms. The van der Waals surface area contributed by atoms with E-state index in [-0.39, 0.29) is 12.2 Å². The molecular formula is C7H16O2. The molecule has 0 aromatic rings. The summed E-state index contributed by atoms with van der Waals surface area (Å²) in [6, 6.07) is 0. The van der Waals surface area contributed by atoms with E-state index >= 15 is 0 Å². The summed E-state index contributed by atoms with van der Waals surface area (Å²) >= 11 is 0. The fraction of sp³-hybridized carbons (Fsp3) is 1.00. The summed E-state index contributed by atoms with van der Waals surface area (Å²) in [6.07, 6.45) is 0.714. The largest absolute Gasteiger partial charge is 0.391 e. The molecular weight excluding hydrogens is 116 g/mol. The van der Waals surface area contributed by atoms with E-state index in [1.165, 1.54) is 0 Å². The molecule has 0 aromatic carbocycles. The molecule has 0 rings (SSSR count). The molecule has 0 radical (unpaired) electrons. The van der Waals surface area contributed by atoms with Gasteiger partial charge in [-0.15, -0.1) is 0 Å². The van der Waals surface area contributed by atoms with Crippen LogP contribution in [0.5, 0.6) is 0 Å². The van der Waals surface area contributed by atoms with E-state index in [0.29, 0.717) is 6.61 Å². The molecule has 2 nitrogen and oxygen atoms in total. The molecule has 0 aliphatic rings. The SMILES string of the molecule is CC[C@H](O)COC(C)C. The van der Waals surface area contributed by atoms with Crippen molar-refractivity contribution in [3.8, 4) is 0 Å². The molecule has 0 saturated carbocycles. The summed E-state index contributed by atoms with van der Waals surface area (Å²) in [5.74, 6) is 0. The fourth-order valence-electron chi connectivity index (χ4n) is 0.421. The molecule has 1 N–H and O–H groups in total. The van der Waals surface area contributed by atoms with E-state index in [2.05, 4.69) is 0 Å². The number of aliphatic hydroxyl groups is 1. The van der Waals surface area contributed by atoms with Gasteiger partial charge in [0.15, 0.2) is 0 Å². The number of hydrogen-bond acceptors (Lipinski definition) is 2. The Morgan fingerprint density at radius 3 is 2.33 bits per heavy atom. The van der Waals surface area contributed by atoms with Crippen molar-refractivity contribution in [2.75, 3.05) is 6.61 Å². The van der Waals surface area contributed by atoms with Crippen LogP contribution in [0.4, 0.5) is 0 Å². The van der Waals surface area contributed by atoms with E-state index in [1.54, 1.807) is 0 Å². The Hall–Kier alpha value is -0.0800. The minimum Gasteiger partial charge on any atom is -0.391 e. The molecule has 0 heterocycles. The maximum Gasteiger partial charge on any atom is 0.0771 e. The lowest BCUT2D eigenvalue weighted by atomic mass is 10.3. The molecule has 0 unspecified atom stereocenters. The first-order chi connectivity index (χ1) is 4.16. The fourth-order valence-corrected chi connectivity index (χ4v) is 0.421. The maximum atomic E-state index is 8.98. The lowest BCUT2D eigenvalue weighted by Gasteiger charge is -2.10. The minimum atomic E-state index is -0.285. The van der Waals surface area contributed by atoms with Crippen LogP contribution in [0, 0.1) is 0 Å². The summed E-state index contributed by atoms with van der Waals surface area (Å²) in [4.78, 5) is 0. The van der Waals surface area contributed by atoms with Crippen molar-refractivity contribution < 1.29 is 9.84 Å². The second kappa shape index (κ2) is 4.77. The number of ether oxygens (including phenoxy) is 1. The zero-order valence-corrected chi connectivity index (χ0v) is 6.42. The molecule has 2 heteroatoms. The van der Waals surface area contributed by atoms with Crippen LogP contribution in [0.3, 0.4) is 0 Å². The average molecular weight is 132 g/mol. The van der Waals surface area contributed by atoms with Gasteiger partial charge >= 0.3 is 0 Å². The van der Waals surface area contributed by atoms with Crippen LogP contribution in [-0.2, 0) is 4.74 Å². The van der Waals surface area contributed by atoms with Gasteiger partial charge < -0.3 is 9.84 Å². The molecule has 0 saturated heterocycles. The van der Waals surface area contributed by atoms with E-state index in [1.807, 2.05) is 20.8 Å². The van der Waals surface area contributed by atoms with Gasteiger partial charge in [-0.1, -0.05) is 6.92 Å². The standard InChI is InChI=1S/C7H16O2/c1-4-7(8)5-9-6(2)3/h6-8H,4-5H2,1-3H3/t7-/m0/s1. The van der Waals surface area contributed by atoms with Gasteiger partial charge in [0, 0.05) is 0 Å². The van der Waals surface area contributed by atoms with Crippen LogP contribution in [0.25, 0.3) is 0 Å². The van der Waals surface area contributed by atoms with Crippen LogP contribution >= 0.6 is 0 Å². The van der Waals surface area contributed by atoms with Crippen molar-refractivity contribution in [2.45, 2.75) is 39.4 Å². The maximum absolute atomic E-state index is 8.98. The number of rotatable bonds is 4. The van der Waals surface area contributed by atoms with Gasteiger partial charge in [0.1, 0.15) is 0 Å². The van der Waals surface area contributed by atoms with Crippen LogP contribution in [0.2, 0.25) is 0 Å². The number of aliphatic hydroxyl groups excluding tert-OH is 1. The smallest absolute Gasteiger partial charge is 0.0771 e. The van der Waals surface area contributed by atoms with Gasteiger partial charge in [0.2, 0.25) is 0 Å². The Labute approximate surface area is 56.8 Å². The van der Waals surface area contributed by atoms with Gasteiger partial charge in [-0.2, -0.15) is 0 Å². The highest BCUT2D eigenvalue weighted by Crippen LogP contribution is 1.94. The second-order valence-corrected chi connectivity index (χ2v) is 2.44. The van der Waals surface area contributed by atoms with Crippen LogP contribution in [0.1, 0.15) is 27.2 Å². The second-order valence-electron chi connectivity index (χ2n) is 2.44. The van der Waals surface area contributed by atoms with Gasteiger partial charge in [0.05, 0.1) is 18.8 Å². The highest BCUT2D eigenvalue weighted by molar-refractivity contribution is 4.49. The predicted octanol–water partition coefficient (Wildman–Crippen LogP) is 1.18. The summed E-state index contributed by atoms with van der Waals surface area (Å²) < 4.78 is 5.14. The van der Waals surface area contributed by atoms with Gasteiger partial charge in [-0.3, -0.25) is 0 Å². The first kappa shape index (κ1) is 8.92. The van der Waals surface area contributed by atoms with Crippen molar-refractivity contribution in [3.63, 3.8) is 0 Å². The average Bonchev–Trinajstić information content (AvgIpc) is 1.83. The van der Waals surface area contributed by atoms with Gasteiger partial charge in [-0.25, -0.2) is 0 Å². The number of hydrogen-bond donors (Lipinski definition) is 1. The normalized spacial score (nSPS) is 14.3. The molecule has 9 heavy (non-hydrogen) atoms. The van der Waals surface area contributed by atoms with Gasteiger partial charge in [-0.05, 0) is 20.3 Å². The highest BCUT2D eigenvalue weighted by Gasteiger charge is 2.00. The first-order valence-electron chi connectivity index (χ1n) is 3.46. The first-order valence-corrected chi connectivity index (χ1v) is 3.46. The van der Waals surface area contributed by atoms with E-state index in [0.717, 1.165) is 6.42 Å². The third kappa shape index (κ3) is 5.80. The molecule has 1 atom stereocenters. The lowest BCUT2D eigenvalue weighted by Crippen LogP contribution is -2.16. The lowest BCUT2D eigenvalue weighted by molar-refractivity contribution is 0.00464. The zero-order chi connectivity index (χ0) is 7.28. The molecule has 0 aromatic heterocycles. The van der Waals surface area contributed by atoms with E-state index in [9.17, 15) is 0 Å². The third-order valence-electron chi connectivity index (χ3n) is 1.09. The van der Waals surface area contributed by atoms with Crippen molar-refractivity contribution in [3.05, 3.63) is 0 Å². The molecule has 0 aliphatic carbocycles. The third-order valence-corrected chi connectivity index (χ3v) is 1.09. The summed E-state index contributed by atoms with van der Waals surface area (Å²) in [5, 5.41) is 8.98. The summed E-state index contributed by atoms with van der Waals surface area (Å²) in [6.45, 7) is 6.33. The minimum absolute atomic E-state index is 0.228. The zero-order valence-electron chi connectivity index (χ0n) is 6.42. The summed E-state index contributed by atoms with van der Waals surface area (Å²) in [5.41, 5.74) is 0. The van der Waals surface area contributed by atoms with Crippen molar-refractivity contribution >= 4 is 0 Å². The summed E-state index contributed by atoms with van der Waals surface area (Å²) in [7, 11) is 0. The van der Waals surface area contributed by atoms with Crippen molar-refractivity contribution in [1.82, 2.24) is 0 Å². The molecule has 0 bridgehead atoms. The topological polar surface area (TPSA) is 29.5 Å². The Morgan fingerprint density at radius 2 is 2.00 bits per heavy atom. The Bertz CT molecular complexity index is 61.9. The van der Waals surface area contributed by atoms with Crippen molar-refractivity contribution in [1.29, 1.82) is 0 Å². The van der Waals surface area contributed by atoms with Crippen LogP contribution in [-0.4, -0.2) is 23.9 Å². The van der Waals surface area contributed by atoms with Crippen LogP contribution in [0.15, 0.2) is 0 Å². The Morgan fingerprint density at radius 1 is 1.44 bits per heavy atom.